The predicted octanol–water partition coefficient (Wildman–Crippen LogP) is 3.88. The molecule has 0 radical (unpaired) electrons. The van der Waals surface area contributed by atoms with E-state index >= 15 is 0 Å². The van der Waals surface area contributed by atoms with E-state index in [2.05, 4.69) is 17.2 Å². The minimum Gasteiger partial charge on any atom is -0.484 e. The van der Waals surface area contributed by atoms with Crippen molar-refractivity contribution in [3.63, 3.8) is 0 Å². The Morgan fingerprint density at radius 2 is 2.00 bits per heavy atom. The molecule has 0 aromatic heterocycles. The van der Waals surface area contributed by atoms with E-state index in [0.717, 1.165) is 6.07 Å². The molecular weight excluding hydrogens is 439 g/mol. The third-order valence-corrected chi connectivity index (χ3v) is 4.40. The topological polar surface area (TPSA) is 93.7 Å². The molecule has 0 saturated heterocycles. The van der Waals surface area contributed by atoms with Crippen LogP contribution in [0.25, 0.3) is 6.08 Å². The number of nitrogens with one attached hydrogen (secondary N) is 2. The van der Waals surface area contributed by atoms with Crippen LogP contribution in [0.1, 0.15) is 29.3 Å². The highest BCUT2D eigenvalue weighted by atomic mass is 35.5. The number of carbonyl (C=O) groups excluding carboxylic acids is 3. The lowest BCUT2D eigenvalue weighted by Crippen LogP contribution is -2.31. The average Bonchev–Trinajstić information content (AvgIpc) is 2.76. The smallest absolute Gasteiger partial charge is 0.298 e. The molecule has 9 heteroatoms. The number of halogens is 2. The summed E-state index contributed by atoms with van der Waals surface area (Å²) in [6, 6.07) is 8.50. The fraction of sp³-hybridized carbons (Fsp3) is 0.174. The molecule has 0 atom stereocenters. The van der Waals surface area contributed by atoms with E-state index in [-0.39, 0.29) is 23.9 Å². The van der Waals surface area contributed by atoms with E-state index in [1.54, 1.807) is 25.1 Å². The van der Waals surface area contributed by atoms with Crippen LogP contribution >= 0.6 is 11.6 Å². The highest BCUT2D eigenvalue weighted by Gasteiger charge is 2.11. The maximum Gasteiger partial charge on any atom is 0.298 e. The maximum absolute atomic E-state index is 13.4. The highest BCUT2D eigenvalue weighted by molar-refractivity contribution is 6.30. The van der Waals surface area contributed by atoms with Gasteiger partial charge < -0.3 is 20.1 Å². The molecule has 7 nitrogen and oxygen atoms in total. The molecule has 0 aliphatic heterocycles. The average molecular weight is 461 g/mol. The molecule has 2 rings (SSSR count). The van der Waals surface area contributed by atoms with Crippen molar-refractivity contribution >= 4 is 36.0 Å². The monoisotopic (exact) mass is 460 g/mol. The lowest BCUT2D eigenvalue weighted by molar-refractivity contribution is -0.123. The third kappa shape index (κ3) is 7.55. The second-order valence-electron chi connectivity index (χ2n) is 6.49. The Morgan fingerprint density at radius 3 is 2.69 bits per heavy atom. The first-order valence-electron chi connectivity index (χ1n) is 9.54. The summed E-state index contributed by atoms with van der Waals surface area (Å²) in [5, 5.41) is 5.23. The van der Waals surface area contributed by atoms with E-state index in [4.69, 9.17) is 21.1 Å². The minimum absolute atomic E-state index is 0.0364. The van der Waals surface area contributed by atoms with Crippen LogP contribution in [0.5, 0.6) is 11.5 Å². The highest BCUT2D eigenvalue weighted by Crippen LogP contribution is 2.22. The van der Waals surface area contributed by atoms with E-state index in [1.165, 1.54) is 24.3 Å². The second-order valence-corrected chi connectivity index (χ2v) is 6.90. The molecule has 0 spiro atoms. The minimum atomic E-state index is -0.639. The van der Waals surface area contributed by atoms with Gasteiger partial charge in [-0.05, 0) is 37.3 Å². The molecule has 0 saturated carbocycles. The Bertz CT molecular complexity index is 1040. The fourth-order valence-electron chi connectivity index (χ4n) is 2.57. The SMILES string of the molecule is C=C(CCNC(=O)COc1ccc(Cl)c(F)c1)NC(=O)c1ccc(OC=O)c(/C=C\C)c1. The van der Waals surface area contributed by atoms with Gasteiger partial charge in [0.25, 0.3) is 18.3 Å². The Kier molecular flexibility index (Phi) is 9.43. The fourth-order valence-corrected chi connectivity index (χ4v) is 2.69. The normalized spacial score (nSPS) is 10.5. The largest absolute Gasteiger partial charge is 0.484 e. The van der Waals surface area contributed by atoms with E-state index < -0.39 is 17.6 Å². The molecule has 0 fully saturated rings. The van der Waals surface area contributed by atoms with Gasteiger partial charge in [0.1, 0.15) is 17.3 Å². The van der Waals surface area contributed by atoms with Gasteiger partial charge in [0.15, 0.2) is 6.61 Å². The van der Waals surface area contributed by atoms with Crippen molar-refractivity contribution in [3.05, 3.63) is 76.7 Å². The summed E-state index contributed by atoms with van der Waals surface area (Å²) in [6.07, 6.45) is 3.75. The Morgan fingerprint density at radius 1 is 1.22 bits per heavy atom. The zero-order chi connectivity index (χ0) is 23.5. The Balaban J connectivity index is 1.79. The summed E-state index contributed by atoms with van der Waals surface area (Å²) in [6.45, 7) is 5.81. The van der Waals surface area contributed by atoms with Crippen LogP contribution in [0.3, 0.4) is 0 Å². The maximum atomic E-state index is 13.4. The molecule has 0 heterocycles. The van der Waals surface area contributed by atoms with Crippen LogP contribution in [-0.4, -0.2) is 31.4 Å². The number of allylic oxidation sites excluding steroid dienone is 1. The molecule has 32 heavy (non-hydrogen) atoms. The molecular formula is C23H22ClFN2O5. The number of ether oxygens (including phenoxy) is 2. The molecule has 0 unspecified atom stereocenters. The molecule has 0 aliphatic carbocycles. The molecule has 2 aromatic carbocycles. The predicted molar refractivity (Wildman–Crippen MR) is 119 cm³/mol. The summed E-state index contributed by atoms with van der Waals surface area (Å²) < 4.78 is 23.4. The number of amides is 2. The zero-order valence-electron chi connectivity index (χ0n) is 17.3. The van der Waals surface area contributed by atoms with Crippen LogP contribution in [0.4, 0.5) is 4.39 Å². The Labute approximate surface area is 189 Å². The molecule has 2 aromatic rings. The van der Waals surface area contributed by atoms with E-state index in [9.17, 15) is 18.8 Å². The number of carbonyl (C=O) groups is 3. The van der Waals surface area contributed by atoms with Crippen LogP contribution in [0, 0.1) is 5.82 Å². The summed E-state index contributed by atoms with van der Waals surface area (Å²) in [5.41, 5.74) is 1.33. The van der Waals surface area contributed by atoms with Crippen molar-refractivity contribution in [3.8, 4) is 11.5 Å². The van der Waals surface area contributed by atoms with Gasteiger partial charge in [0.2, 0.25) is 0 Å². The molecule has 2 N–H and O–H groups in total. The van der Waals surface area contributed by atoms with Crippen LogP contribution in [-0.2, 0) is 9.59 Å². The van der Waals surface area contributed by atoms with Crippen molar-refractivity contribution in [1.29, 1.82) is 0 Å². The van der Waals surface area contributed by atoms with Crippen molar-refractivity contribution in [2.45, 2.75) is 13.3 Å². The van der Waals surface area contributed by atoms with Gasteiger partial charge >= 0.3 is 0 Å². The first-order valence-corrected chi connectivity index (χ1v) is 9.92. The quantitative estimate of drug-likeness (QED) is 0.496. The van der Waals surface area contributed by atoms with Gasteiger partial charge in [-0.25, -0.2) is 4.39 Å². The third-order valence-electron chi connectivity index (χ3n) is 4.09. The lowest BCUT2D eigenvalue weighted by atomic mass is 10.1. The lowest BCUT2D eigenvalue weighted by Gasteiger charge is -2.11. The summed E-state index contributed by atoms with van der Waals surface area (Å²) in [7, 11) is 0. The Hall–Kier alpha value is -3.65. The second kappa shape index (κ2) is 12.3. The van der Waals surface area contributed by atoms with Crippen molar-refractivity contribution in [2.24, 2.45) is 0 Å². The van der Waals surface area contributed by atoms with Gasteiger partial charge in [-0.15, -0.1) is 0 Å². The first-order chi connectivity index (χ1) is 15.3. The van der Waals surface area contributed by atoms with Crippen molar-refractivity contribution in [1.82, 2.24) is 10.6 Å². The van der Waals surface area contributed by atoms with Crippen LogP contribution in [0.15, 0.2) is 54.8 Å². The standard InChI is InChI=1S/C23H22ClFN2O5/c1-3-4-16-11-17(5-8-21(16)32-14-28)23(30)27-15(2)9-10-26-22(29)13-31-18-6-7-19(24)20(25)12-18/h3-8,11-12,14H,2,9-10,13H2,1H3,(H,26,29)(H,27,30)/b4-3-. The van der Waals surface area contributed by atoms with Gasteiger partial charge in [-0.3, -0.25) is 14.4 Å². The van der Waals surface area contributed by atoms with Crippen molar-refractivity contribution < 1.29 is 28.2 Å². The summed E-state index contributed by atoms with van der Waals surface area (Å²) in [5.74, 6) is -0.931. The molecule has 2 amide bonds. The van der Waals surface area contributed by atoms with Crippen molar-refractivity contribution in [2.75, 3.05) is 13.2 Å². The van der Waals surface area contributed by atoms with Gasteiger partial charge in [0, 0.05) is 35.9 Å². The summed E-state index contributed by atoms with van der Waals surface area (Å²) in [4.78, 5) is 34.9. The molecule has 0 aliphatic rings. The zero-order valence-corrected chi connectivity index (χ0v) is 18.1. The van der Waals surface area contributed by atoms with Crippen LogP contribution in [0.2, 0.25) is 5.02 Å². The number of rotatable bonds is 11. The van der Waals surface area contributed by atoms with E-state index in [1.807, 2.05) is 0 Å². The molecule has 168 valence electrons. The molecule has 0 bridgehead atoms. The summed E-state index contributed by atoms with van der Waals surface area (Å²) >= 11 is 5.59. The first kappa shape index (κ1) is 24.6. The van der Waals surface area contributed by atoms with Gasteiger partial charge in [-0.1, -0.05) is 30.3 Å². The van der Waals surface area contributed by atoms with Gasteiger partial charge in [0.05, 0.1) is 5.02 Å². The number of hydrogen-bond acceptors (Lipinski definition) is 5. The van der Waals surface area contributed by atoms with Crippen LogP contribution < -0.4 is 20.1 Å². The van der Waals surface area contributed by atoms with Gasteiger partial charge in [-0.2, -0.15) is 0 Å². The number of benzene rings is 2. The number of hydrogen-bond donors (Lipinski definition) is 2. The van der Waals surface area contributed by atoms with E-state index in [0.29, 0.717) is 35.5 Å².